The van der Waals surface area contributed by atoms with Crippen molar-refractivity contribution in [3.05, 3.63) is 36.1 Å². The zero-order valence-electron chi connectivity index (χ0n) is 21.0. The van der Waals surface area contributed by atoms with Crippen LogP contribution < -0.4 is 10.2 Å². The number of allylic oxidation sites excluding steroid dienone is 4. The van der Waals surface area contributed by atoms with Crippen molar-refractivity contribution in [2.45, 2.75) is 90.6 Å². The van der Waals surface area contributed by atoms with Gasteiger partial charge in [0, 0.05) is 32.4 Å². The Balaban J connectivity index is 1.32. The molecule has 2 saturated heterocycles. The van der Waals surface area contributed by atoms with Gasteiger partial charge in [-0.1, -0.05) is 50.5 Å². The number of piperidine rings is 1. The summed E-state index contributed by atoms with van der Waals surface area (Å²) in [4.78, 5) is 14.6. The standard InChI is InChI=1S/C28H45N5/c1-23(2)10-9-11-24-13-15-25(16-14-24)22-33-21-8-5-12-26(33)30-28-29-18-17-27(31-28)32-19-6-3-4-7-20-32/h9-10,13,17-18,23,25-26H,3-8,11-12,14-16,19-22H2,1-2H3,(H,29,30,31). The Morgan fingerprint density at radius 1 is 1.06 bits per heavy atom. The van der Waals surface area contributed by atoms with Gasteiger partial charge in [-0.15, -0.1) is 0 Å². The van der Waals surface area contributed by atoms with Crippen LogP contribution in [0.15, 0.2) is 36.1 Å². The van der Waals surface area contributed by atoms with E-state index in [0.717, 1.165) is 37.2 Å². The predicted octanol–water partition coefficient (Wildman–Crippen LogP) is 6.41. The molecule has 2 fully saturated rings. The van der Waals surface area contributed by atoms with Crippen molar-refractivity contribution in [3.63, 3.8) is 0 Å². The largest absolute Gasteiger partial charge is 0.356 e. The number of anilines is 2. The van der Waals surface area contributed by atoms with Crippen molar-refractivity contribution in [1.82, 2.24) is 14.9 Å². The van der Waals surface area contributed by atoms with Crippen LogP contribution in [-0.4, -0.2) is 47.2 Å². The molecule has 3 aliphatic rings. The van der Waals surface area contributed by atoms with Crippen LogP contribution in [-0.2, 0) is 0 Å². The van der Waals surface area contributed by atoms with E-state index in [2.05, 4.69) is 58.2 Å². The molecule has 0 bridgehead atoms. The molecular formula is C28H45N5. The number of hydrogen-bond acceptors (Lipinski definition) is 5. The van der Waals surface area contributed by atoms with Crippen LogP contribution in [0, 0.1) is 11.8 Å². The SMILES string of the molecule is CC(C)C=CCC1=CCC(CN2CCCCC2Nc2nccc(N3CCCCCC3)n2)CC1. The number of rotatable bonds is 8. The van der Waals surface area contributed by atoms with Crippen LogP contribution in [0.3, 0.4) is 0 Å². The lowest BCUT2D eigenvalue weighted by molar-refractivity contribution is 0.137. The highest BCUT2D eigenvalue weighted by atomic mass is 15.3. The molecule has 182 valence electrons. The third-order valence-electron chi connectivity index (χ3n) is 7.49. The van der Waals surface area contributed by atoms with Gasteiger partial charge >= 0.3 is 0 Å². The second-order valence-corrected chi connectivity index (χ2v) is 10.7. The van der Waals surface area contributed by atoms with Gasteiger partial charge < -0.3 is 10.2 Å². The normalized spacial score (nSPS) is 25.3. The Morgan fingerprint density at radius 2 is 1.88 bits per heavy atom. The topological polar surface area (TPSA) is 44.3 Å². The predicted molar refractivity (Wildman–Crippen MR) is 140 cm³/mol. The van der Waals surface area contributed by atoms with Gasteiger partial charge in [0.25, 0.3) is 0 Å². The van der Waals surface area contributed by atoms with E-state index in [9.17, 15) is 0 Å². The molecule has 0 amide bonds. The first-order valence-electron chi connectivity index (χ1n) is 13.6. The summed E-state index contributed by atoms with van der Waals surface area (Å²) in [5.41, 5.74) is 1.63. The van der Waals surface area contributed by atoms with E-state index in [-0.39, 0.29) is 0 Å². The smallest absolute Gasteiger partial charge is 0.225 e. The molecule has 2 aliphatic heterocycles. The summed E-state index contributed by atoms with van der Waals surface area (Å²) in [6.07, 6.45) is 23.5. The van der Waals surface area contributed by atoms with Gasteiger partial charge in [0.2, 0.25) is 5.95 Å². The van der Waals surface area contributed by atoms with E-state index in [4.69, 9.17) is 4.98 Å². The van der Waals surface area contributed by atoms with Gasteiger partial charge in [0.05, 0.1) is 6.17 Å². The van der Waals surface area contributed by atoms with Crippen molar-refractivity contribution >= 4 is 11.8 Å². The van der Waals surface area contributed by atoms with Crippen LogP contribution in [0.1, 0.15) is 84.5 Å². The number of likely N-dealkylation sites (tertiary alicyclic amines) is 1. The maximum atomic E-state index is 4.93. The molecule has 0 aromatic carbocycles. The quantitative estimate of drug-likeness (QED) is 0.463. The second kappa shape index (κ2) is 12.5. The Labute approximate surface area is 201 Å². The van der Waals surface area contributed by atoms with Crippen LogP contribution in [0.2, 0.25) is 0 Å². The lowest BCUT2D eigenvalue weighted by atomic mass is 9.87. The summed E-state index contributed by atoms with van der Waals surface area (Å²) in [6.45, 7) is 9.12. The van der Waals surface area contributed by atoms with E-state index in [1.54, 1.807) is 5.57 Å². The van der Waals surface area contributed by atoms with Crippen LogP contribution in [0.25, 0.3) is 0 Å². The molecule has 2 unspecified atom stereocenters. The van der Waals surface area contributed by atoms with Crippen molar-refractivity contribution in [3.8, 4) is 0 Å². The van der Waals surface area contributed by atoms with E-state index in [0.29, 0.717) is 12.1 Å². The Kier molecular flexibility index (Phi) is 9.22. The fraction of sp³-hybridized carbons (Fsp3) is 0.714. The Hall–Kier alpha value is -1.88. The minimum atomic E-state index is 0.359. The number of nitrogens with zero attached hydrogens (tertiary/aromatic N) is 4. The molecule has 1 N–H and O–H groups in total. The highest BCUT2D eigenvalue weighted by molar-refractivity contribution is 5.43. The zero-order chi connectivity index (χ0) is 22.9. The monoisotopic (exact) mass is 451 g/mol. The van der Waals surface area contributed by atoms with Gasteiger partial charge in [-0.25, -0.2) is 4.98 Å². The fourth-order valence-electron chi connectivity index (χ4n) is 5.53. The van der Waals surface area contributed by atoms with Crippen LogP contribution in [0.5, 0.6) is 0 Å². The molecular weight excluding hydrogens is 406 g/mol. The lowest BCUT2D eigenvalue weighted by Gasteiger charge is -2.39. The molecule has 3 heterocycles. The highest BCUT2D eigenvalue weighted by Gasteiger charge is 2.26. The number of hydrogen-bond donors (Lipinski definition) is 1. The first-order chi connectivity index (χ1) is 16.2. The molecule has 33 heavy (non-hydrogen) atoms. The van der Waals surface area contributed by atoms with Gasteiger partial charge in [0.1, 0.15) is 5.82 Å². The zero-order valence-corrected chi connectivity index (χ0v) is 21.0. The molecule has 5 nitrogen and oxygen atoms in total. The highest BCUT2D eigenvalue weighted by Crippen LogP contribution is 2.29. The third-order valence-corrected chi connectivity index (χ3v) is 7.49. The first-order valence-corrected chi connectivity index (χ1v) is 13.6. The molecule has 1 aromatic heterocycles. The lowest BCUT2D eigenvalue weighted by Crippen LogP contribution is -2.47. The molecule has 0 radical (unpaired) electrons. The van der Waals surface area contributed by atoms with Gasteiger partial charge in [-0.05, 0) is 75.7 Å². The summed E-state index contributed by atoms with van der Waals surface area (Å²) in [5.74, 6) is 3.32. The van der Waals surface area contributed by atoms with E-state index in [1.807, 2.05) is 6.20 Å². The second-order valence-electron chi connectivity index (χ2n) is 10.7. The van der Waals surface area contributed by atoms with Crippen molar-refractivity contribution < 1.29 is 0 Å². The summed E-state index contributed by atoms with van der Waals surface area (Å²) in [7, 11) is 0. The third kappa shape index (κ3) is 7.56. The minimum Gasteiger partial charge on any atom is -0.356 e. The molecule has 1 aliphatic carbocycles. The van der Waals surface area contributed by atoms with Crippen molar-refractivity contribution in [1.29, 1.82) is 0 Å². The molecule has 5 heteroatoms. The summed E-state index contributed by atoms with van der Waals surface area (Å²) in [5, 5.41) is 3.72. The maximum Gasteiger partial charge on any atom is 0.225 e. The molecule has 0 spiro atoms. The maximum absolute atomic E-state index is 4.93. The van der Waals surface area contributed by atoms with E-state index < -0.39 is 0 Å². The minimum absolute atomic E-state index is 0.359. The van der Waals surface area contributed by atoms with Crippen LogP contribution in [0.4, 0.5) is 11.8 Å². The average molecular weight is 452 g/mol. The molecule has 0 saturated carbocycles. The fourth-order valence-corrected chi connectivity index (χ4v) is 5.53. The van der Waals surface area contributed by atoms with E-state index in [1.165, 1.54) is 77.3 Å². The Morgan fingerprint density at radius 3 is 2.64 bits per heavy atom. The van der Waals surface area contributed by atoms with Gasteiger partial charge in [0.15, 0.2) is 0 Å². The summed E-state index contributed by atoms with van der Waals surface area (Å²) in [6, 6.07) is 2.08. The van der Waals surface area contributed by atoms with Crippen molar-refractivity contribution in [2.24, 2.45) is 11.8 Å². The molecule has 2 atom stereocenters. The summed E-state index contributed by atoms with van der Waals surface area (Å²) < 4.78 is 0. The van der Waals surface area contributed by atoms with Gasteiger partial charge in [-0.2, -0.15) is 4.98 Å². The van der Waals surface area contributed by atoms with Crippen molar-refractivity contribution in [2.75, 3.05) is 36.4 Å². The number of nitrogens with one attached hydrogen (secondary N) is 1. The molecule has 4 rings (SSSR count). The number of aromatic nitrogens is 2. The van der Waals surface area contributed by atoms with Gasteiger partial charge in [-0.3, -0.25) is 4.90 Å². The van der Waals surface area contributed by atoms with E-state index >= 15 is 0 Å². The summed E-state index contributed by atoms with van der Waals surface area (Å²) >= 11 is 0. The average Bonchev–Trinajstić information content (AvgIpc) is 3.11. The molecule has 1 aromatic rings. The first kappa shape index (κ1) is 24.3. The van der Waals surface area contributed by atoms with Crippen LogP contribution >= 0.6 is 0 Å². The Bertz CT molecular complexity index is 778.